The van der Waals surface area contributed by atoms with E-state index in [-0.39, 0.29) is 18.4 Å². The predicted octanol–water partition coefficient (Wildman–Crippen LogP) is 3.61. The molecule has 0 saturated heterocycles. The summed E-state index contributed by atoms with van der Waals surface area (Å²) in [4.78, 5) is 33.6. The Balaban J connectivity index is 1.34. The Kier molecular flexibility index (Phi) is 7.64. The summed E-state index contributed by atoms with van der Waals surface area (Å²) in [5, 5.41) is 10.2. The lowest BCUT2D eigenvalue weighted by atomic mass is 10.1. The highest BCUT2D eigenvalue weighted by Gasteiger charge is 2.21. The molecule has 2 aromatic heterocycles. The van der Waals surface area contributed by atoms with Gasteiger partial charge < -0.3 is 20.1 Å². The van der Waals surface area contributed by atoms with Gasteiger partial charge in [0.25, 0.3) is 11.8 Å². The number of halogens is 1. The zero-order valence-corrected chi connectivity index (χ0v) is 22.2. The molecule has 0 aliphatic carbocycles. The fraction of sp³-hybridized carbons (Fsp3) is 0.222. The van der Waals surface area contributed by atoms with Crippen LogP contribution in [0.2, 0.25) is 0 Å². The number of carbonyl (C=O) groups excluding carboxylic acids is 2. The van der Waals surface area contributed by atoms with Crippen molar-refractivity contribution in [2.24, 2.45) is 0 Å². The van der Waals surface area contributed by atoms with Crippen LogP contribution < -0.4 is 20.1 Å². The highest BCUT2D eigenvalue weighted by molar-refractivity contribution is 9.10. The van der Waals surface area contributed by atoms with E-state index < -0.39 is 0 Å². The molecule has 2 amide bonds. The average Bonchev–Trinajstić information content (AvgIpc) is 3.38. The van der Waals surface area contributed by atoms with Crippen molar-refractivity contribution in [1.29, 1.82) is 0 Å². The molecule has 1 aliphatic heterocycles. The Morgan fingerprint density at radius 1 is 1.13 bits per heavy atom. The van der Waals surface area contributed by atoms with E-state index in [1.807, 2.05) is 43.3 Å². The second kappa shape index (κ2) is 11.4. The Morgan fingerprint density at radius 2 is 1.97 bits per heavy atom. The van der Waals surface area contributed by atoms with Gasteiger partial charge >= 0.3 is 0 Å². The maximum absolute atomic E-state index is 12.4. The minimum atomic E-state index is -0.250. The van der Waals surface area contributed by atoms with Crippen molar-refractivity contribution in [2.75, 3.05) is 19.8 Å². The van der Waals surface area contributed by atoms with Gasteiger partial charge in [-0.05, 0) is 52.7 Å². The Labute approximate surface area is 227 Å². The topological polar surface area (TPSA) is 120 Å². The fourth-order valence-electron chi connectivity index (χ4n) is 3.99. The van der Waals surface area contributed by atoms with Crippen LogP contribution in [-0.2, 0) is 17.9 Å². The van der Waals surface area contributed by atoms with Crippen LogP contribution >= 0.6 is 15.9 Å². The molecule has 10 nitrogen and oxygen atoms in total. The van der Waals surface area contributed by atoms with Gasteiger partial charge in [-0.3, -0.25) is 14.3 Å². The zero-order chi connectivity index (χ0) is 26.5. The summed E-state index contributed by atoms with van der Waals surface area (Å²) in [6.45, 7) is 3.66. The molecule has 0 saturated carbocycles. The smallest absolute Gasteiger partial charge is 0.269 e. The van der Waals surface area contributed by atoms with Crippen molar-refractivity contribution in [3.05, 3.63) is 76.5 Å². The SMILES string of the molecule is CCOc1cc(-c2nccc(-c3cc4n(n3)CCNC4=O)n2)cc(Br)c1OCC(=O)NCc1ccccc1. The highest BCUT2D eigenvalue weighted by atomic mass is 79.9. The molecule has 1 aliphatic rings. The Bertz CT molecular complexity index is 1470. The van der Waals surface area contributed by atoms with Crippen LogP contribution in [0, 0.1) is 0 Å². The maximum atomic E-state index is 12.4. The minimum absolute atomic E-state index is 0.154. The summed E-state index contributed by atoms with van der Waals surface area (Å²) in [7, 11) is 0. The minimum Gasteiger partial charge on any atom is -0.490 e. The second-order valence-electron chi connectivity index (χ2n) is 8.43. The summed E-state index contributed by atoms with van der Waals surface area (Å²) in [6.07, 6.45) is 1.64. The van der Waals surface area contributed by atoms with Gasteiger partial charge in [0, 0.05) is 24.8 Å². The number of nitrogens with zero attached hydrogens (tertiary/aromatic N) is 4. The molecule has 0 fully saturated rings. The van der Waals surface area contributed by atoms with E-state index in [0.717, 1.165) is 5.56 Å². The van der Waals surface area contributed by atoms with E-state index in [2.05, 4.69) is 41.6 Å². The molecule has 0 atom stereocenters. The molecule has 0 bridgehead atoms. The number of carbonyl (C=O) groups is 2. The van der Waals surface area contributed by atoms with Crippen LogP contribution in [0.15, 0.2) is 65.3 Å². The third kappa shape index (κ3) is 5.67. The maximum Gasteiger partial charge on any atom is 0.269 e. The fourth-order valence-corrected chi connectivity index (χ4v) is 4.54. The molecule has 4 aromatic rings. The summed E-state index contributed by atoms with van der Waals surface area (Å²) in [5.41, 5.74) is 3.37. The number of fused-ring (bicyclic) bond motifs is 1. The molecule has 11 heteroatoms. The number of nitrogens with one attached hydrogen (secondary N) is 2. The summed E-state index contributed by atoms with van der Waals surface area (Å²) in [5.74, 6) is 0.913. The number of benzene rings is 2. The molecule has 5 rings (SSSR count). The number of hydrogen-bond acceptors (Lipinski definition) is 7. The monoisotopic (exact) mass is 576 g/mol. The molecular weight excluding hydrogens is 552 g/mol. The Hall–Kier alpha value is -4.25. The van der Waals surface area contributed by atoms with Gasteiger partial charge in [0.1, 0.15) is 11.4 Å². The van der Waals surface area contributed by atoms with Crippen LogP contribution in [-0.4, -0.2) is 51.3 Å². The van der Waals surface area contributed by atoms with E-state index in [4.69, 9.17) is 9.47 Å². The largest absolute Gasteiger partial charge is 0.490 e. The molecule has 0 spiro atoms. The van der Waals surface area contributed by atoms with Gasteiger partial charge in [-0.2, -0.15) is 5.10 Å². The number of ether oxygens (including phenoxy) is 2. The van der Waals surface area contributed by atoms with E-state index in [1.165, 1.54) is 0 Å². The average molecular weight is 577 g/mol. The highest BCUT2D eigenvalue weighted by Crippen LogP contribution is 2.39. The van der Waals surface area contributed by atoms with Crippen molar-refractivity contribution in [3.63, 3.8) is 0 Å². The van der Waals surface area contributed by atoms with Gasteiger partial charge in [-0.15, -0.1) is 0 Å². The first-order valence-corrected chi connectivity index (χ1v) is 12.9. The van der Waals surface area contributed by atoms with Gasteiger partial charge in [0.2, 0.25) is 0 Å². The van der Waals surface area contributed by atoms with E-state index in [0.29, 0.717) is 70.7 Å². The van der Waals surface area contributed by atoms with Crippen LogP contribution in [0.3, 0.4) is 0 Å². The van der Waals surface area contributed by atoms with Crippen LogP contribution in [0.1, 0.15) is 23.0 Å². The molecule has 38 heavy (non-hydrogen) atoms. The van der Waals surface area contributed by atoms with Crippen LogP contribution in [0.25, 0.3) is 22.8 Å². The Morgan fingerprint density at radius 3 is 2.76 bits per heavy atom. The first kappa shape index (κ1) is 25.4. The third-order valence-electron chi connectivity index (χ3n) is 5.79. The number of hydrogen-bond donors (Lipinski definition) is 2. The van der Waals surface area contributed by atoms with Gasteiger partial charge in [0.15, 0.2) is 23.9 Å². The normalized spacial score (nSPS) is 12.4. The second-order valence-corrected chi connectivity index (χ2v) is 9.28. The van der Waals surface area contributed by atoms with Crippen molar-refractivity contribution in [1.82, 2.24) is 30.4 Å². The summed E-state index contributed by atoms with van der Waals surface area (Å²) < 4.78 is 13.9. The number of aromatic nitrogens is 4. The molecule has 0 radical (unpaired) electrons. The quantitative estimate of drug-likeness (QED) is 0.312. The van der Waals surface area contributed by atoms with Crippen LogP contribution in [0.4, 0.5) is 0 Å². The van der Waals surface area contributed by atoms with Crippen molar-refractivity contribution >= 4 is 27.7 Å². The van der Waals surface area contributed by atoms with Crippen molar-refractivity contribution < 1.29 is 19.1 Å². The zero-order valence-electron chi connectivity index (χ0n) is 20.6. The van der Waals surface area contributed by atoms with Crippen molar-refractivity contribution in [3.8, 4) is 34.3 Å². The first-order chi connectivity index (χ1) is 18.5. The number of amides is 2. The lowest BCUT2D eigenvalue weighted by Gasteiger charge is -2.15. The lowest BCUT2D eigenvalue weighted by Crippen LogP contribution is -2.35. The summed E-state index contributed by atoms with van der Waals surface area (Å²) in [6, 6.07) is 16.7. The predicted molar refractivity (Wildman–Crippen MR) is 144 cm³/mol. The number of rotatable bonds is 9. The molecule has 2 N–H and O–H groups in total. The molecule has 2 aromatic carbocycles. The standard InChI is InChI=1S/C27H25BrN6O4/c1-2-37-23-13-18(12-19(28)25(23)38-16-24(35)31-15-17-6-4-3-5-7-17)26-29-9-8-20(32-26)21-14-22-27(36)30-10-11-34(22)33-21/h3-9,12-14H,2,10-11,15-16H2,1H3,(H,30,36)(H,31,35). The molecule has 0 unspecified atom stereocenters. The lowest BCUT2D eigenvalue weighted by molar-refractivity contribution is -0.123. The van der Waals surface area contributed by atoms with Gasteiger partial charge in [0.05, 0.1) is 23.3 Å². The molecule has 3 heterocycles. The van der Waals surface area contributed by atoms with E-state index in [9.17, 15) is 9.59 Å². The van der Waals surface area contributed by atoms with Gasteiger partial charge in [-0.1, -0.05) is 30.3 Å². The first-order valence-electron chi connectivity index (χ1n) is 12.1. The third-order valence-corrected chi connectivity index (χ3v) is 6.38. The molecular formula is C27H25BrN6O4. The van der Waals surface area contributed by atoms with E-state index >= 15 is 0 Å². The molecule has 194 valence electrons. The summed E-state index contributed by atoms with van der Waals surface area (Å²) >= 11 is 3.55. The van der Waals surface area contributed by atoms with E-state index in [1.54, 1.807) is 29.1 Å². The van der Waals surface area contributed by atoms with Crippen LogP contribution in [0.5, 0.6) is 11.5 Å². The van der Waals surface area contributed by atoms with Crippen molar-refractivity contribution in [2.45, 2.75) is 20.0 Å². The van der Waals surface area contributed by atoms with Gasteiger partial charge in [-0.25, -0.2) is 9.97 Å².